The zero-order chi connectivity index (χ0) is 21.6. The summed E-state index contributed by atoms with van der Waals surface area (Å²) in [6, 6.07) is 7.53. The van der Waals surface area contributed by atoms with Gasteiger partial charge in [0.25, 0.3) is 0 Å². The van der Waals surface area contributed by atoms with Crippen LogP contribution in [-0.2, 0) is 0 Å². The average molecular weight is 420 g/mol. The molecule has 9 nitrogen and oxygen atoms in total. The van der Waals surface area contributed by atoms with Crippen LogP contribution in [0.5, 0.6) is 5.75 Å². The number of aromatic amines is 2. The molecule has 0 saturated carbocycles. The predicted molar refractivity (Wildman–Crippen MR) is 118 cm³/mol. The van der Waals surface area contributed by atoms with Gasteiger partial charge in [0.05, 0.1) is 12.7 Å². The van der Waals surface area contributed by atoms with Crippen molar-refractivity contribution < 1.29 is 14.6 Å². The molecule has 5 rings (SSSR count). The average Bonchev–Trinajstić information content (AvgIpc) is 3.39. The number of aromatic nitrogens is 4. The first-order valence-corrected chi connectivity index (χ1v) is 10.2. The van der Waals surface area contributed by atoms with Gasteiger partial charge in [-0.1, -0.05) is 0 Å². The van der Waals surface area contributed by atoms with Crippen molar-refractivity contribution in [1.29, 1.82) is 0 Å². The van der Waals surface area contributed by atoms with Gasteiger partial charge in [-0.2, -0.15) is 0 Å². The Morgan fingerprint density at radius 3 is 2.81 bits per heavy atom. The van der Waals surface area contributed by atoms with E-state index in [1.54, 1.807) is 25.1 Å². The number of nitrogens with zero attached hydrogens (tertiary/aromatic N) is 3. The second kappa shape index (κ2) is 7.28. The summed E-state index contributed by atoms with van der Waals surface area (Å²) in [6.45, 7) is 2.79. The number of likely N-dealkylation sites (tertiary alicyclic amines) is 1. The first kappa shape index (κ1) is 19.4. The molecule has 1 aliphatic rings. The van der Waals surface area contributed by atoms with E-state index in [4.69, 9.17) is 4.74 Å². The summed E-state index contributed by atoms with van der Waals surface area (Å²) in [7, 11) is 1.60. The molecule has 1 fully saturated rings. The highest BCUT2D eigenvalue weighted by atomic mass is 16.5. The SMILES string of the molecule is COc1ccc(-c2ccnc3[nH]ccc23)c2nc(NC(=O)N3CCC(C)(O)CC3)[nH]c12. The number of imidazole rings is 1. The van der Waals surface area contributed by atoms with Crippen LogP contribution in [0.15, 0.2) is 36.7 Å². The summed E-state index contributed by atoms with van der Waals surface area (Å²) in [6.07, 6.45) is 4.71. The normalized spacial score (nSPS) is 16.0. The van der Waals surface area contributed by atoms with Crippen LogP contribution in [0.3, 0.4) is 0 Å². The number of hydrogen-bond acceptors (Lipinski definition) is 5. The lowest BCUT2D eigenvalue weighted by atomic mass is 9.94. The maximum absolute atomic E-state index is 12.7. The highest BCUT2D eigenvalue weighted by Crippen LogP contribution is 2.36. The summed E-state index contributed by atoms with van der Waals surface area (Å²) in [5, 5.41) is 14.0. The quantitative estimate of drug-likeness (QED) is 0.404. The maximum Gasteiger partial charge on any atom is 0.324 e. The van der Waals surface area contributed by atoms with Crippen molar-refractivity contribution in [1.82, 2.24) is 24.8 Å². The van der Waals surface area contributed by atoms with Crippen LogP contribution in [-0.4, -0.2) is 61.8 Å². The molecule has 1 saturated heterocycles. The van der Waals surface area contributed by atoms with E-state index in [9.17, 15) is 9.90 Å². The first-order valence-electron chi connectivity index (χ1n) is 10.2. The number of methoxy groups -OCH3 is 1. The number of nitrogens with one attached hydrogen (secondary N) is 3. The van der Waals surface area contributed by atoms with Crippen molar-refractivity contribution in [2.75, 3.05) is 25.5 Å². The number of amides is 2. The molecule has 1 aromatic carbocycles. The topological polar surface area (TPSA) is 119 Å². The molecule has 1 aliphatic heterocycles. The zero-order valence-corrected chi connectivity index (χ0v) is 17.4. The van der Waals surface area contributed by atoms with Gasteiger partial charge in [-0.3, -0.25) is 5.32 Å². The Kier molecular flexibility index (Phi) is 4.55. The Hall–Kier alpha value is -3.59. The van der Waals surface area contributed by atoms with Crippen molar-refractivity contribution in [3.63, 3.8) is 0 Å². The third-order valence-corrected chi connectivity index (χ3v) is 5.93. The predicted octanol–water partition coefficient (Wildman–Crippen LogP) is 3.49. The minimum absolute atomic E-state index is 0.244. The number of benzene rings is 1. The fourth-order valence-electron chi connectivity index (χ4n) is 4.08. The third kappa shape index (κ3) is 3.46. The molecule has 0 bridgehead atoms. The molecule has 3 aromatic heterocycles. The van der Waals surface area contributed by atoms with Crippen molar-refractivity contribution in [3.8, 4) is 16.9 Å². The smallest absolute Gasteiger partial charge is 0.324 e. The van der Waals surface area contributed by atoms with Gasteiger partial charge in [-0.25, -0.2) is 14.8 Å². The van der Waals surface area contributed by atoms with Crippen molar-refractivity contribution in [2.45, 2.75) is 25.4 Å². The van der Waals surface area contributed by atoms with E-state index in [-0.39, 0.29) is 6.03 Å². The van der Waals surface area contributed by atoms with Gasteiger partial charge in [0.1, 0.15) is 22.4 Å². The molecule has 9 heteroatoms. The Balaban J connectivity index is 1.51. The molecule has 4 heterocycles. The molecule has 0 unspecified atom stereocenters. The monoisotopic (exact) mass is 420 g/mol. The van der Waals surface area contributed by atoms with Gasteiger partial charge in [0.2, 0.25) is 5.95 Å². The van der Waals surface area contributed by atoms with Crippen LogP contribution < -0.4 is 10.1 Å². The number of piperidine rings is 1. The molecule has 0 spiro atoms. The van der Waals surface area contributed by atoms with E-state index in [0.29, 0.717) is 48.7 Å². The summed E-state index contributed by atoms with van der Waals surface area (Å²) < 4.78 is 5.51. The van der Waals surface area contributed by atoms with E-state index >= 15 is 0 Å². The molecular weight excluding hydrogens is 396 g/mol. The molecule has 160 valence electrons. The largest absolute Gasteiger partial charge is 0.494 e. The molecule has 31 heavy (non-hydrogen) atoms. The highest BCUT2D eigenvalue weighted by molar-refractivity contribution is 6.04. The minimum atomic E-state index is -0.716. The zero-order valence-electron chi connectivity index (χ0n) is 17.4. The first-order chi connectivity index (χ1) is 14.9. The Bertz CT molecular complexity index is 1260. The van der Waals surface area contributed by atoms with E-state index < -0.39 is 5.60 Å². The van der Waals surface area contributed by atoms with Crippen LogP contribution in [0.25, 0.3) is 33.2 Å². The van der Waals surface area contributed by atoms with E-state index in [1.807, 2.05) is 30.5 Å². The van der Waals surface area contributed by atoms with Gasteiger partial charge in [0, 0.05) is 36.4 Å². The molecule has 0 atom stereocenters. The lowest BCUT2D eigenvalue weighted by Gasteiger charge is -2.35. The van der Waals surface area contributed by atoms with Crippen LogP contribution in [0, 0.1) is 0 Å². The van der Waals surface area contributed by atoms with Gasteiger partial charge in [-0.05, 0) is 49.6 Å². The van der Waals surface area contributed by atoms with Gasteiger partial charge in [0.15, 0.2) is 0 Å². The fourth-order valence-corrected chi connectivity index (χ4v) is 4.08. The number of H-pyrrole nitrogens is 2. The molecule has 4 N–H and O–H groups in total. The standard InChI is InChI=1S/C22H24N6O3/c1-22(30)7-11-28(12-8-22)21(29)27-20-25-17-14(3-4-16(31-2)18(17)26-20)13-5-9-23-19-15(13)6-10-24-19/h3-6,9-10,30H,7-8,11-12H2,1-2H3,(H,23,24)(H2,25,26,27,29). The van der Waals surface area contributed by atoms with E-state index in [2.05, 4.69) is 25.3 Å². The molecule has 2 amide bonds. The highest BCUT2D eigenvalue weighted by Gasteiger charge is 2.30. The number of hydrogen-bond donors (Lipinski definition) is 4. The van der Waals surface area contributed by atoms with Crippen LogP contribution in [0.1, 0.15) is 19.8 Å². The number of ether oxygens (including phenoxy) is 1. The Labute approximate surface area is 178 Å². The number of fused-ring (bicyclic) bond motifs is 2. The Morgan fingerprint density at radius 2 is 2.03 bits per heavy atom. The number of anilines is 1. The summed E-state index contributed by atoms with van der Waals surface area (Å²) in [5.74, 6) is 0.989. The number of carbonyl (C=O) groups excluding carboxylic acids is 1. The van der Waals surface area contributed by atoms with Crippen LogP contribution >= 0.6 is 0 Å². The lowest BCUT2D eigenvalue weighted by molar-refractivity contribution is 0.00569. The van der Waals surface area contributed by atoms with Crippen molar-refractivity contribution >= 4 is 34.0 Å². The number of pyridine rings is 1. The summed E-state index contributed by atoms with van der Waals surface area (Å²) >= 11 is 0. The van der Waals surface area contributed by atoms with Crippen LogP contribution in [0.4, 0.5) is 10.7 Å². The second-order valence-electron chi connectivity index (χ2n) is 8.14. The summed E-state index contributed by atoms with van der Waals surface area (Å²) in [4.78, 5) is 29.8. The molecule has 0 aliphatic carbocycles. The van der Waals surface area contributed by atoms with Gasteiger partial charge >= 0.3 is 6.03 Å². The number of urea groups is 1. The summed E-state index contributed by atoms with van der Waals surface area (Å²) in [5.41, 5.74) is 3.39. The third-order valence-electron chi connectivity index (χ3n) is 5.93. The van der Waals surface area contributed by atoms with Crippen LogP contribution in [0.2, 0.25) is 0 Å². The minimum Gasteiger partial charge on any atom is -0.494 e. The molecular formula is C22H24N6O3. The van der Waals surface area contributed by atoms with E-state index in [1.165, 1.54) is 0 Å². The van der Waals surface area contributed by atoms with E-state index in [0.717, 1.165) is 22.2 Å². The number of rotatable bonds is 3. The van der Waals surface area contributed by atoms with Crippen molar-refractivity contribution in [2.24, 2.45) is 0 Å². The van der Waals surface area contributed by atoms with Gasteiger partial charge in [-0.15, -0.1) is 0 Å². The lowest BCUT2D eigenvalue weighted by Crippen LogP contribution is -2.46. The van der Waals surface area contributed by atoms with Gasteiger partial charge < -0.3 is 24.7 Å². The molecule has 0 radical (unpaired) electrons. The Morgan fingerprint density at radius 1 is 1.23 bits per heavy atom. The van der Waals surface area contributed by atoms with Crippen molar-refractivity contribution in [3.05, 3.63) is 36.7 Å². The number of carbonyl (C=O) groups is 1. The molecule has 4 aromatic rings. The number of aliphatic hydroxyl groups is 1. The fraction of sp³-hybridized carbons (Fsp3) is 0.318. The maximum atomic E-state index is 12.7. The second-order valence-corrected chi connectivity index (χ2v) is 8.14.